The Labute approximate surface area is 304 Å². The van der Waals surface area contributed by atoms with Crippen LogP contribution in [-0.2, 0) is 0 Å². The van der Waals surface area contributed by atoms with Crippen LogP contribution in [0.15, 0.2) is 70.5 Å². The van der Waals surface area contributed by atoms with Crippen molar-refractivity contribution in [2.24, 2.45) is 0 Å². The number of thioether (sulfide) groups is 2. The summed E-state index contributed by atoms with van der Waals surface area (Å²) in [6.45, 7) is 27.8. The molecule has 0 bridgehead atoms. The summed E-state index contributed by atoms with van der Waals surface area (Å²) in [4.78, 5) is 2.26. The smallest absolute Gasteiger partial charge is 0.258 e. The Kier molecular flexibility index (Phi) is 14.5. The van der Waals surface area contributed by atoms with Gasteiger partial charge in [0.15, 0.2) is 0 Å². The molecule has 6 heteroatoms. The van der Waals surface area contributed by atoms with E-state index in [-0.39, 0.29) is 0 Å². The van der Waals surface area contributed by atoms with Gasteiger partial charge in [0.05, 0.1) is 0 Å². The van der Waals surface area contributed by atoms with Gasteiger partial charge in [-0.15, -0.1) is 23.5 Å². The van der Waals surface area contributed by atoms with Gasteiger partial charge in [-0.3, -0.25) is 0 Å². The van der Waals surface area contributed by atoms with E-state index in [1.165, 1.54) is 0 Å². The molecule has 0 aromatic heterocycles. The second-order valence-electron chi connectivity index (χ2n) is 14.6. The summed E-state index contributed by atoms with van der Waals surface area (Å²) < 4.78 is 13.7. The van der Waals surface area contributed by atoms with Crippen LogP contribution in [0.5, 0.6) is 11.5 Å². The van der Waals surface area contributed by atoms with Crippen molar-refractivity contribution in [1.82, 2.24) is 0 Å². The van der Waals surface area contributed by atoms with Crippen molar-refractivity contribution in [2.75, 3.05) is 12.5 Å². The molecule has 0 unspecified atom stereocenters. The van der Waals surface area contributed by atoms with Gasteiger partial charge < -0.3 is 8.85 Å². The van der Waals surface area contributed by atoms with Crippen LogP contribution >= 0.6 is 23.5 Å². The van der Waals surface area contributed by atoms with E-state index in [0.717, 1.165) is 43.5 Å². The molecular formula is C42H58O2S2Si2. The van der Waals surface area contributed by atoms with Crippen LogP contribution in [0.2, 0.25) is 33.2 Å². The van der Waals surface area contributed by atoms with Crippen molar-refractivity contribution in [3.8, 4) is 35.2 Å². The third kappa shape index (κ3) is 8.99. The van der Waals surface area contributed by atoms with Crippen LogP contribution in [-0.4, -0.2) is 29.1 Å². The van der Waals surface area contributed by atoms with Crippen LogP contribution in [0, 0.1) is 23.7 Å². The van der Waals surface area contributed by atoms with Crippen LogP contribution < -0.4 is 8.85 Å². The van der Waals surface area contributed by atoms with Crippen LogP contribution in [0.25, 0.3) is 0 Å². The average Bonchev–Trinajstić information content (AvgIpc) is 3.04. The van der Waals surface area contributed by atoms with Crippen LogP contribution in [0.4, 0.5) is 0 Å². The molecule has 258 valence electrons. The number of rotatable bonds is 12. The molecule has 0 N–H and O–H groups in total. The maximum absolute atomic E-state index is 6.86. The first-order valence-corrected chi connectivity index (χ1v) is 24.2. The highest BCUT2D eigenvalue weighted by Crippen LogP contribution is 2.44. The maximum Gasteiger partial charge on any atom is 0.258 e. The molecule has 3 aromatic rings. The molecule has 0 spiro atoms. The van der Waals surface area contributed by atoms with Gasteiger partial charge in [-0.1, -0.05) is 107 Å². The molecule has 0 aliphatic heterocycles. The van der Waals surface area contributed by atoms with E-state index in [0.29, 0.717) is 33.2 Å². The molecule has 0 aliphatic carbocycles. The predicted octanol–water partition coefficient (Wildman–Crippen LogP) is 13.0. The predicted molar refractivity (Wildman–Crippen MR) is 218 cm³/mol. The normalized spacial score (nSPS) is 12.1. The van der Waals surface area contributed by atoms with E-state index in [2.05, 4.69) is 180 Å². The van der Waals surface area contributed by atoms with Crippen molar-refractivity contribution in [3.05, 3.63) is 82.9 Å². The fourth-order valence-electron chi connectivity index (χ4n) is 7.70. The second kappa shape index (κ2) is 17.4. The minimum absolute atomic E-state index is 0.534. The summed E-state index contributed by atoms with van der Waals surface area (Å²) >= 11 is 3.42. The summed E-state index contributed by atoms with van der Waals surface area (Å²) in [7, 11) is -3.99. The van der Waals surface area contributed by atoms with Gasteiger partial charge in [-0.25, -0.2) is 0 Å². The third-order valence-corrected chi connectivity index (χ3v) is 23.5. The molecule has 0 atom stereocenters. The molecule has 3 rings (SSSR count). The largest absolute Gasteiger partial charge is 0.543 e. The number of hydrogen-bond donors (Lipinski definition) is 0. The van der Waals surface area contributed by atoms with Gasteiger partial charge in [0.1, 0.15) is 11.5 Å². The molecular weight excluding hydrogens is 657 g/mol. The molecule has 0 saturated heterocycles. The Bertz CT molecular complexity index is 1450. The zero-order valence-corrected chi connectivity index (χ0v) is 35.5. The number of benzene rings is 3. The van der Waals surface area contributed by atoms with E-state index in [1.807, 2.05) is 0 Å². The van der Waals surface area contributed by atoms with Crippen molar-refractivity contribution in [1.29, 1.82) is 0 Å². The minimum atomic E-state index is -1.99. The topological polar surface area (TPSA) is 18.5 Å². The molecule has 3 aromatic carbocycles. The molecule has 2 nitrogen and oxygen atoms in total. The lowest BCUT2D eigenvalue weighted by molar-refractivity contribution is 0.479. The van der Waals surface area contributed by atoms with Crippen LogP contribution in [0.3, 0.4) is 0 Å². The van der Waals surface area contributed by atoms with E-state index >= 15 is 0 Å². The standard InChI is InChI=1S/C42H58O2S2Si2/c1-29(2)47(30(3)4,31(5)6)43-39-23-17-35(18-24-39)15-21-37-27-42(46-14)38(28-41(37)45-13)22-16-36-19-25-40(26-20-36)44-48(32(7)8,33(9)10)34(11)12/h17-20,23-34H,1-14H3. The van der Waals surface area contributed by atoms with Gasteiger partial charge in [-0.05, 0) is 106 Å². The Hall–Kier alpha value is -2.49. The lowest BCUT2D eigenvalue weighted by atomic mass is 10.1. The Morgan fingerprint density at radius 3 is 0.938 bits per heavy atom. The van der Waals surface area contributed by atoms with Gasteiger partial charge in [0, 0.05) is 32.0 Å². The fraction of sp³-hybridized carbons (Fsp3) is 0.476. The van der Waals surface area contributed by atoms with Crippen LogP contribution in [0.1, 0.15) is 105 Å². The SMILES string of the molecule is CSc1cc(C#Cc2ccc(O[Si](C(C)C)(C(C)C)C(C)C)cc2)c(SC)cc1C#Cc1ccc(O[Si](C(C)C)(C(C)C)C(C)C)cc1. The summed E-state index contributed by atoms with van der Waals surface area (Å²) in [6, 6.07) is 21.1. The van der Waals surface area contributed by atoms with Crippen molar-refractivity contribution < 1.29 is 8.85 Å². The molecule has 0 fully saturated rings. The Morgan fingerprint density at radius 2 is 0.708 bits per heavy atom. The zero-order valence-electron chi connectivity index (χ0n) is 31.9. The highest BCUT2D eigenvalue weighted by atomic mass is 32.2. The van der Waals surface area contributed by atoms with Crippen molar-refractivity contribution in [3.63, 3.8) is 0 Å². The maximum atomic E-state index is 6.86. The minimum Gasteiger partial charge on any atom is -0.543 e. The first-order chi connectivity index (χ1) is 22.6. The average molecular weight is 715 g/mol. The monoisotopic (exact) mass is 714 g/mol. The molecule has 0 amide bonds. The van der Waals surface area contributed by atoms with E-state index in [4.69, 9.17) is 8.85 Å². The summed E-state index contributed by atoms with van der Waals surface area (Å²) in [5.41, 5.74) is 7.22. The quantitative estimate of drug-likeness (QED) is 0.106. The van der Waals surface area contributed by atoms with E-state index in [9.17, 15) is 0 Å². The highest BCUT2D eigenvalue weighted by molar-refractivity contribution is 7.99. The number of hydrogen-bond acceptors (Lipinski definition) is 4. The summed E-state index contributed by atoms with van der Waals surface area (Å²) in [6.07, 6.45) is 4.20. The van der Waals surface area contributed by atoms with Gasteiger partial charge in [0.2, 0.25) is 0 Å². The molecule has 0 radical (unpaired) electrons. The first-order valence-electron chi connectivity index (χ1n) is 17.5. The van der Waals surface area contributed by atoms with E-state index < -0.39 is 16.6 Å². The van der Waals surface area contributed by atoms with Gasteiger partial charge in [-0.2, -0.15) is 0 Å². The first kappa shape index (κ1) is 39.9. The Morgan fingerprint density at radius 1 is 0.438 bits per heavy atom. The summed E-state index contributed by atoms with van der Waals surface area (Å²) in [5, 5.41) is 0. The molecule has 48 heavy (non-hydrogen) atoms. The second-order valence-corrected chi connectivity index (χ2v) is 27.1. The fourth-order valence-corrected chi connectivity index (χ4v) is 19.3. The summed E-state index contributed by atoms with van der Waals surface area (Å²) in [5.74, 6) is 15.6. The molecule has 0 heterocycles. The Balaban J connectivity index is 1.85. The van der Waals surface area contributed by atoms with Crippen molar-refractivity contribution >= 4 is 40.2 Å². The zero-order chi connectivity index (χ0) is 35.8. The lowest BCUT2D eigenvalue weighted by Crippen LogP contribution is -2.50. The molecule has 0 aliphatic rings. The van der Waals surface area contributed by atoms with Gasteiger partial charge in [0.25, 0.3) is 16.6 Å². The van der Waals surface area contributed by atoms with E-state index in [1.54, 1.807) is 23.5 Å². The highest BCUT2D eigenvalue weighted by Gasteiger charge is 2.48. The lowest BCUT2D eigenvalue weighted by Gasteiger charge is -2.42. The van der Waals surface area contributed by atoms with Gasteiger partial charge >= 0.3 is 0 Å². The molecule has 0 saturated carbocycles. The van der Waals surface area contributed by atoms with Crippen molar-refractivity contribution in [2.45, 2.75) is 126 Å². The third-order valence-electron chi connectivity index (χ3n) is 9.92.